The summed E-state index contributed by atoms with van der Waals surface area (Å²) in [5.41, 5.74) is 3.48. The number of allylic oxidation sites excluding steroid dienone is 1. The lowest BCUT2D eigenvalue weighted by Crippen LogP contribution is -2.32. The number of amides is 1. The molecule has 1 amide bonds. The highest BCUT2D eigenvalue weighted by Gasteiger charge is 2.35. The monoisotopic (exact) mass is 489 g/mol. The van der Waals surface area contributed by atoms with Gasteiger partial charge in [-0.1, -0.05) is 47.6 Å². The Morgan fingerprint density at radius 3 is 2.76 bits per heavy atom. The van der Waals surface area contributed by atoms with E-state index in [1.165, 1.54) is 11.8 Å². The van der Waals surface area contributed by atoms with E-state index in [9.17, 15) is 4.79 Å². The van der Waals surface area contributed by atoms with E-state index in [4.69, 9.17) is 16.7 Å². The number of aromatic nitrogens is 5. The number of carbonyl (C=O) groups excluding carboxylic acids is 1. The number of nitrogens with zero attached hydrogens (tertiary/aromatic N) is 5. The summed E-state index contributed by atoms with van der Waals surface area (Å²) in [6.45, 7) is 1.85. The third-order valence-corrected chi connectivity index (χ3v) is 6.53. The van der Waals surface area contributed by atoms with E-state index in [1.54, 1.807) is 35.4 Å². The molecule has 3 aromatic heterocycles. The van der Waals surface area contributed by atoms with Gasteiger partial charge in [-0.3, -0.25) is 14.8 Å². The maximum atomic E-state index is 13.4. The Hall–Kier alpha value is -3.69. The van der Waals surface area contributed by atoms with Crippen molar-refractivity contribution in [3.63, 3.8) is 0 Å². The number of anilines is 2. The molecule has 170 valence electrons. The number of rotatable bonds is 6. The van der Waals surface area contributed by atoms with E-state index < -0.39 is 6.04 Å². The molecule has 4 heterocycles. The molecule has 0 spiro atoms. The molecule has 0 bridgehead atoms. The van der Waals surface area contributed by atoms with Crippen LogP contribution in [-0.4, -0.2) is 30.6 Å². The van der Waals surface area contributed by atoms with Gasteiger partial charge in [0.25, 0.3) is 5.91 Å². The molecule has 0 saturated carbocycles. The van der Waals surface area contributed by atoms with Crippen molar-refractivity contribution >= 4 is 40.9 Å². The van der Waals surface area contributed by atoms with Crippen LogP contribution < -0.4 is 10.6 Å². The molecule has 0 aliphatic carbocycles. The highest BCUT2D eigenvalue weighted by molar-refractivity contribution is 7.98. The van der Waals surface area contributed by atoms with E-state index in [0.29, 0.717) is 44.5 Å². The molecular weight excluding hydrogens is 470 g/mol. The average molecular weight is 490 g/mol. The van der Waals surface area contributed by atoms with Crippen molar-refractivity contribution in [2.75, 3.05) is 10.6 Å². The van der Waals surface area contributed by atoms with Gasteiger partial charge in [-0.2, -0.15) is 4.98 Å². The Morgan fingerprint density at radius 2 is 2.00 bits per heavy atom. The highest BCUT2D eigenvalue weighted by Crippen LogP contribution is 2.36. The number of pyridine rings is 2. The van der Waals surface area contributed by atoms with Gasteiger partial charge in [0, 0.05) is 28.9 Å². The van der Waals surface area contributed by atoms with Crippen LogP contribution in [-0.2, 0) is 10.5 Å². The molecule has 8 nitrogen and oxygen atoms in total. The Labute approximate surface area is 205 Å². The second-order valence-corrected chi connectivity index (χ2v) is 8.91. The fraction of sp³-hybridized carbons (Fsp3) is 0.125. The average Bonchev–Trinajstić information content (AvgIpc) is 3.26. The van der Waals surface area contributed by atoms with Gasteiger partial charge in [0.05, 0.1) is 23.2 Å². The molecule has 0 saturated heterocycles. The van der Waals surface area contributed by atoms with Crippen LogP contribution >= 0.6 is 23.4 Å². The molecule has 10 heteroatoms. The van der Waals surface area contributed by atoms with Crippen LogP contribution in [0.1, 0.15) is 24.2 Å². The fourth-order valence-corrected chi connectivity index (χ4v) is 4.81. The minimum Gasteiger partial charge on any atom is -0.328 e. The van der Waals surface area contributed by atoms with Crippen molar-refractivity contribution in [2.45, 2.75) is 23.9 Å². The molecule has 0 radical (unpaired) electrons. The Balaban J connectivity index is 1.48. The Bertz CT molecular complexity index is 1360. The van der Waals surface area contributed by atoms with Crippen LogP contribution in [0.4, 0.5) is 11.6 Å². The molecule has 1 atom stereocenters. The first-order valence-corrected chi connectivity index (χ1v) is 11.9. The van der Waals surface area contributed by atoms with E-state index in [1.807, 2.05) is 49.4 Å². The quantitative estimate of drug-likeness (QED) is 0.370. The SMILES string of the molecule is CC1=C(C(=O)Nc2cccnc2)[C@@H](c2ccccn2)n2nc(SCc3ccccc3Cl)nc2N1. The maximum absolute atomic E-state index is 13.4. The topological polar surface area (TPSA) is 97.6 Å². The van der Waals surface area contributed by atoms with Gasteiger partial charge in [-0.15, -0.1) is 5.10 Å². The van der Waals surface area contributed by atoms with Crippen molar-refractivity contribution < 1.29 is 4.79 Å². The number of fused-ring (bicyclic) bond motifs is 1. The minimum atomic E-state index is -0.545. The molecule has 1 aliphatic heterocycles. The van der Waals surface area contributed by atoms with E-state index in [-0.39, 0.29) is 5.91 Å². The summed E-state index contributed by atoms with van der Waals surface area (Å²) in [5, 5.41) is 12.2. The number of benzene rings is 1. The Morgan fingerprint density at radius 1 is 1.15 bits per heavy atom. The van der Waals surface area contributed by atoms with Crippen molar-refractivity contribution in [2.24, 2.45) is 0 Å². The zero-order valence-corrected chi connectivity index (χ0v) is 19.7. The standard InChI is InChI=1S/C24H20ClN7OS/c1-15-20(22(33)29-17-8-6-11-26-13-17)21(19-10-4-5-12-27-19)32-23(28-15)30-24(31-32)34-14-16-7-2-3-9-18(16)25/h2-13,21H,14H2,1H3,(H,29,33)(H,28,30,31)/t21-/m1/s1. The van der Waals surface area contributed by atoms with Crippen LogP contribution in [0.5, 0.6) is 0 Å². The number of hydrogen-bond donors (Lipinski definition) is 2. The largest absolute Gasteiger partial charge is 0.328 e. The summed E-state index contributed by atoms with van der Waals surface area (Å²) in [7, 11) is 0. The molecule has 5 rings (SSSR count). The zero-order chi connectivity index (χ0) is 23.5. The molecule has 0 fully saturated rings. The predicted octanol–water partition coefficient (Wildman–Crippen LogP) is 4.94. The van der Waals surface area contributed by atoms with Gasteiger partial charge in [0.1, 0.15) is 6.04 Å². The van der Waals surface area contributed by atoms with Gasteiger partial charge in [0.15, 0.2) is 0 Å². The lowest BCUT2D eigenvalue weighted by molar-refractivity contribution is -0.113. The van der Waals surface area contributed by atoms with Crippen molar-refractivity contribution in [3.05, 3.63) is 101 Å². The number of halogens is 1. The molecule has 34 heavy (non-hydrogen) atoms. The smallest absolute Gasteiger partial charge is 0.255 e. The van der Waals surface area contributed by atoms with Crippen molar-refractivity contribution in [3.8, 4) is 0 Å². The highest BCUT2D eigenvalue weighted by atomic mass is 35.5. The molecule has 1 aromatic carbocycles. The number of carbonyl (C=O) groups is 1. The van der Waals surface area contributed by atoms with Crippen LogP contribution in [0.3, 0.4) is 0 Å². The van der Waals surface area contributed by atoms with Gasteiger partial charge >= 0.3 is 0 Å². The van der Waals surface area contributed by atoms with Crippen LogP contribution in [0.2, 0.25) is 5.02 Å². The second-order valence-electron chi connectivity index (χ2n) is 7.56. The van der Waals surface area contributed by atoms with Gasteiger partial charge in [0.2, 0.25) is 11.1 Å². The second kappa shape index (κ2) is 9.66. The summed E-state index contributed by atoms with van der Waals surface area (Å²) in [4.78, 5) is 26.6. The molecule has 4 aromatic rings. The lowest BCUT2D eigenvalue weighted by Gasteiger charge is -2.27. The van der Waals surface area contributed by atoms with Gasteiger partial charge in [-0.25, -0.2) is 4.68 Å². The van der Waals surface area contributed by atoms with E-state index >= 15 is 0 Å². The molecule has 1 aliphatic rings. The number of hydrogen-bond acceptors (Lipinski definition) is 7. The van der Waals surface area contributed by atoms with Crippen LogP contribution in [0, 0.1) is 0 Å². The zero-order valence-electron chi connectivity index (χ0n) is 18.1. The Kier molecular flexibility index (Phi) is 6.29. The van der Waals surface area contributed by atoms with E-state index in [0.717, 1.165) is 5.56 Å². The molecule has 2 N–H and O–H groups in total. The fourth-order valence-electron chi connectivity index (χ4n) is 3.69. The summed E-state index contributed by atoms with van der Waals surface area (Å²) in [6, 6.07) is 16.3. The first-order valence-electron chi connectivity index (χ1n) is 10.5. The van der Waals surface area contributed by atoms with E-state index in [2.05, 4.69) is 25.6 Å². The third-order valence-electron chi connectivity index (χ3n) is 5.28. The summed E-state index contributed by atoms with van der Waals surface area (Å²) in [5.74, 6) is 0.908. The third kappa shape index (κ3) is 4.52. The lowest BCUT2D eigenvalue weighted by atomic mass is 9.98. The summed E-state index contributed by atoms with van der Waals surface area (Å²) >= 11 is 7.78. The van der Waals surface area contributed by atoms with Crippen LogP contribution in [0.15, 0.2) is 89.6 Å². The molecular formula is C24H20ClN7OS. The number of thioether (sulfide) groups is 1. The van der Waals surface area contributed by atoms with Gasteiger partial charge < -0.3 is 10.6 Å². The summed E-state index contributed by atoms with van der Waals surface area (Å²) in [6.07, 6.45) is 4.96. The first kappa shape index (κ1) is 22.1. The predicted molar refractivity (Wildman–Crippen MR) is 133 cm³/mol. The van der Waals surface area contributed by atoms with Crippen molar-refractivity contribution in [1.29, 1.82) is 0 Å². The normalized spacial score (nSPS) is 14.9. The van der Waals surface area contributed by atoms with Crippen LogP contribution in [0.25, 0.3) is 0 Å². The van der Waals surface area contributed by atoms with Crippen molar-refractivity contribution in [1.82, 2.24) is 24.7 Å². The number of nitrogens with one attached hydrogen (secondary N) is 2. The first-order chi connectivity index (χ1) is 16.6. The maximum Gasteiger partial charge on any atom is 0.255 e. The summed E-state index contributed by atoms with van der Waals surface area (Å²) < 4.78 is 1.71. The van der Waals surface area contributed by atoms with Gasteiger partial charge in [-0.05, 0) is 42.8 Å². The molecule has 0 unspecified atom stereocenters. The minimum absolute atomic E-state index is 0.264.